The summed E-state index contributed by atoms with van der Waals surface area (Å²) >= 11 is 5.95. The smallest absolute Gasteiger partial charge is 0.340 e. The average molecular weight is 287 g/mol. The van der Waals surface area contributed by atoms with E-state index in [-0.39, 0.29) is 17.2 Å². The number of nitrogens with zero attached hydrogens (tertiary/aromatic N) is 1. The van der Waals surface area contributed by atoms with E-state index in [0.717, 1.165) is 5.56 Å². The summed E-state index contributed by atoms with van der Waals surface area (Å²) in [6.07, 6.45) is 0. The van der Waals surface area contributed by atoms with Crippen molar-refractivity contribution >= 4 is 23.3 Å². The first-order chi connectivity index (χ1) is 9.61. The molecule has 0 aliphatic heterocycles. The van der Waals surface area contributed by atoms with Gasteiger partial charge in [-0.3, -0.25) is 0 Å². The minimum absolute atomic E-state index is 0.0689. The Kier molecular flexibility index (Phi) is 4.24. The molecule has 0 unspecified atom stereocenters. The largest absolute Gasteiger partial charge is 0.457 e. The lowest BCUT2D eigenvalue weighted by atomic mass is 10.1. The van der Waals surface area contributed by atoms with Crippen LogP contribution in [0.5, 0.6) is 0 Å². The van der Waals surface area contributed by atoms with E-state index in [1.54, 1.807) is 42.5 Å². The second-order valence-electron chi connectivity index (χ2n) is 4.10. The highest BCUT2D eigenvalue weighted by atomic mass is 35.5. The molecule has 100 valence electrons. The fraction of sp³-hybridized carbons (Fsp3) is 0.0667. The number of carbonyl (C=O) groups excluding carboxylic acids is 1. The Labute approximate surface area is 121 Å². The normalized spacial score (nSPS) is 9.80. The summed E-state index contributed by atoms with van der Waals surface area (Å²) in [6, 6.07) is 13.7. The third-order valence-electron chi connectivity index (χ3n) is 2.67. The number of esters is 1. The Bertz CT molecular complexity index is 693. The molecular formula is C15H11ClN2O2. The molecule has 2 rings (SSSR count). The molecule has 0 bridgehead atoms. The first kappa shape index (κ1) is 13.9. The van der Waals surface area contributed by atoms with Crippen LogP contribution in [0.2, 0.25) is 5.02 Å². The van der Waals surface area contributed by atoms with Gasteiger partial charge in [0, 0.05) is 0 Å². The molecular weight excluding hydrogens is 276 g/mol. The Morgan fingerprint density at radius 3 is 2.80 bits per heavy atom. The molecule has 0 fully saturated rings. The van der Waals surface area contributed by atoms with E-state index in [2.05, 4.69) is 0 Å². The molecule has 4 nitrogen and oxygen atoms in total. The summed E-state index contributed by atoms with van der Waals surface area (Å²) in [4.78, 5) is 11.9. The second kappa shape index (κ2) is 6.09. The highest BCUT2D eigenvalue weighted by Gasteiger charge is 2.13. The number of anilines is 1. The van der Waals surface area contributed by atoms with Gasteiger partial charge in [0.05, 0.1) is 27.9 Å². The zero-order valence-electron chi connectivity index (χ0n) is 10.5. The lowest BCUT2D eigenvalue weighted by Crippen LogP contribution is -2.07. The van der Waals surface area contributed by atoms with Crippen LogP contribution in [-0.2, 0) is 11.3 Å². The van der Waals surface area contributed by atoms with E-state index < -0.39 is 5.97 Å². The summed E-state index contributed by atoms with van der Waals surface area (Å²) in [5.74, 6) is -0.551. The van der Waals surface area contributed by atoms with Crippen LogP contribution in [0.4, 0.5) is 5.69 Å². The Morgan fingerprint density at radius 2 is 2.05 bits per heavy atom. The van der Waals surface area contributed by atoms with Gasteiger partial charge in [-0.05, 0) is 29.8 Å². The Morgan fingerprint density at radius 1 is 1.30 bits per heavy atom. The summed E-state index contributed by atoms with van der Waals surface area (Å²) < 4.78 is 5.16. The molecule has 0 aromatic heterocycles. The lowest BCUT2D eigenvalue weighted by molar-refractivity contribution is 0.0473. The number of hydrogen-bond donors (Lipinski definition) is 1. The molecule has 0 heterocycles. The van der Waals surface area contributed by atoms with Crippen molar-refractivity contribution in [3.63, 3.8) is 0 Å². The van der Waals surface area contributed by atoms with Crippen LogP contribution >= 0.6 is 11.6 Å². The van der Waals surface area contributed by atoms with Crippen LogP contribution in [0.1, 0.15) is 21.5 Å². The molecule has 0 saturated heterocycles. The molecule has 0 radical (unpaired) electrons. The SMILES string of the molecule is N#Cc1cccc(COC(=O)c2cccc(N)c2Cl)c1. The number of carbonyl (C=O) groups is 1. The van der Waals surface area contributed by atoms with Gasteiger partial charge in [0.2, 0.25) is 0 Å². The van der Waals surface area contributed by atoms with E-state index in [0.29, 0.717) is 11.3 Å². The van der Waals surface area contributed by atoms with E-state index in [9.17, 15) is 4.79 Å². The van der Waals surface area contributed by atoms with E-state index in [1.165, 1.54) is 0 Å². The highest BCUT2D eigenvalue weighted by molar-refractivity contribution is 6.36. The third-order valence-corrected chi connectivity index (χ3v) is 3.10. The molecule has 2 aromatic carbocycles. The van der Waals surface area contributed by atoms with Crippen LogP contribution in [0.15, 0.2) is 42.5 Å². The fourth-order valence-electron chi connectivity index (χ4n) is 1.66. The van der Waals surface area contributed by atoms with Crippen LogP contribution in [0.3, 0.4) is 0 Å². The maximum atomic E-state index is 11.9. The molecule has 5 heteroatoms. The van der Waals surface area contributed by atoms with Gasteiger partial charge in [-0.2, -0.15) is 5.26 Å². The summed E-state index contributed by atoms with van der Waals surface area (Å²) in [5.41, 5.74) is 7.43. The first-order valence-corrected chi connectivity index (χ1v) is 6.20. The van der Waals surface area contributed by atoms with Crippen molar-refractivity contribution in [1.29, 1.82) is 5.26 Å². The summed E-state index contributed by atoms with van der Waals surface area (Å²) in [5, 5.41) is 8.98. The fourth-order valence-corrected chi connectivity index (χ4v) is 1.87. The Hall–Kier alpha value is -2.51. The average Bonchev–Trinajstić information content (AvgIpc) is 2.48. The van der Waals surface area contributed by atoms with Gasteiger partial charge in [0.15, 0.2) is 0 Å². The number of halogens is 1. The first-order valence-electron chi connectivity index (χ1n) is 5.82. The standard InChI is InChI=1S/C15H11ClN2O2/c16-14-12(5-2-6-13(14)18)15(19)20-9-11-4-1-3-10(7-11)8-17/h1-7H,9,18H2. The number of nitrogen functional groups attached to an aromatic ring is 1. The minimum atomic E-state index is -0.551. The topological polar surface area (TPSA) is 76.1 Å². The number of nitriles is 1. The predicted octanol–water partition coefficient (Wildman–Crippen LogP) is 3.15. The van der Waals surface area contributed by atoms with Crippen molar-refractivity contribution in [3.8, 4) is 6.07 Å². The maximum Gasteiger partial charge on any atom is 0.340 e. The van der Waals surface area contributed by atoms with Crippen LogP contribution in [0, 0.1) is 11.3 Å². The van der Waals surface area contributed by atoms with Gasteiger partial charge in [0.1, 0.15) is 6.61 Å². The lowest BCUT2D eigenvalue weighted by Gasteiger charge is -2.07. The zero-order valence-corrected chi connectivity index (χ0v) is 11.2. The van der Waals surface area contributed by atoms with Crippen LogP contribution in [-0.4, -0.2) is 5.97 Å². The van der Waals surface area contributed by atoms with Crippen molar-refractivity contribution in [3.05, 3.63) is 64.2 Å². The van der Waals surface area contributed by atoms with Crippen molar-refractivity contribution in [1.82, 2.24) is 0 Å². The molecule has 0 aliphatic rings. The Balaban J connectivity index is 2.09. The minimum Gasteiger partial charge on any atom is -0.457 e. The predicted molar refractivity (Wildman–Crippen MR) is 76.1 cm³/mol. The number of benzene rings is 2. The number of nitrogens with two attached hydrogens (primary N) is 1. The van der Waals surface area contributed by atoms with E-state index in [4.69, 9.17) is 27.3 Å². The third kappa shape index (κ3) is 3.08. The highest BCUT2D eigenvalue weighted by Crippen LogP contribution is 2.24. The van der Waals surface area contributed by atoms with Gasteiger partial charge < -0.3 is 10.5 Å². The van der Waals surface area contributed by atoms with Crippen LogP contribution in [0.25, 0.3) is 0 Å². The molecule has 0 saturated carbocycles. The quantitative estimate of drug-likeness (QED) is 0.694. The molecule has 2 N–H and O–H groups in total. The van der Waals surface area contributed by atoms with Gasteiger partial charge >= 0.3 is 5.97 Å². The van der Waals surface area contributed by atoms with E-state index >= 15 is 0 Å². The molecule has 0 atom stereocenters. The van der Waals surface area contributed by atoms with Crippen molar-refractivity contribution in [2.45, 2.75) is 6.61 Å². The zero-order chi connectivity index (χ0) is 14.5. The van der Waals surface area contributed by atoms with Gasteiger partial charge in [-0.1, -0.05) is 29.8 Å². The molecule has 0 aliphatic carbocycles. The van der Waals surface area contributed by atoms with E-state index in [1.807, 2.05) is 6.07 Å². The second-order valence-corrected chi connectivity index (χ2v) is 4.48. The monoisotopic (exact) mass is 286 g/mol. The number of hydrogen-bond acceptors (Lipinski definition) is 4. The molecule has 20 heavy (non-hydrogen) atoms. The van der Waals surface area contributed by atoms with Crippen molar-refractivity contribution in [2.75, 3.05) is 5.73 Å². The number of ether oxygens (including phenoxy) is 1. The number of rotatable bonds is 3. The van der Waals surface area contributed by atoms with Gasteiger partial charge in [0.25, 0.3) is 0 Å². The summed E-state index contributed by atoms with van der Waals surface area (Å²) in [7, 11) is 0. The summed E-state index contributed by atoms with van der Waals surface area (Å²) in [6.45, 7) is 0.0689. The molecule has 0 amide bonds. The van der Waals surface area contributed by atoms with Crippen LogP contribution < -0.4 is 5.73 Å². The molecule has 0 spiro atoms. The van der Waals surface area contributed by atoms with Gasteiger partial charge in [-0.15, -0.1) is 0 Å². The van der Waals surface area contributed by atoms with Crippen molar-refractivity contribution < 1.29 is 9.53 Å². The van der Waals surface area contributed by atoms with Gasteiger partial charge in [-0.25, -0.2) is 4.79 Å². The molecule has 2 aromatic rings. The maximum absolute atomic E-state index is 11.9. The van der Waals surface area contributed by atoms with Crippen molar-refractivity contribution in [2.24, 2.45) is 0 Å².